The molecule has 0 atom stereocenters. The summed E-state index contributed by atoms with van der Waals surface area (Å²) in [5.74, 6) is 0.994. The van der Waals surface area contributed by atoms with Gasteiger partial charge < -0.3 is 9.88 Å². The normalized spacial score (nSPS) is 18.6. The van der Waals surface area contributed by atoms with Crippen LogP contribution in [0.1, 0.15) is 39.0 Å². The molecule has 0 radical (unpaired) electrons. The zero-order valence-electron chi connectivity index (χ0n) is 11.9. The number of imidazole rings is 1. The van der Waals surface area contributed by atoms with E-state index in [-0.39, 0.29) is 0 Å². The molecule has 3 heteroatoms. The van der Waals surface area contributed by atoms with Gasteiger partial charge in [-0.15, -0.1) is 0 Å². The van der Waals surface area contributed by atoms with E-state index >= 15 is 0 Å². The SMILES string of the molecule is Cn1c(NCC2(C)CCCCC2)nc2ccccc21. The molecule has 1 saturated carbocycles. The van der Waals surface area contributed by atoms with Gasteiger partial charge in [-0.3, -0.25) is 0 Å². The second kappa shape index (κ2) is 4.87. The van der Waals surface area contributed by atoms with Crippen LogP contribution in [-0.2, 0) is 7.05 Å². The fourth-order valence-electron chi connectivity index (χ4n) is 3.18. The molecule has 0 amide bonds. The lowest BCUT2D eigenvalue weighted by molar-refractivity contribution is 0.233. The summed E-state index contributed by atoms with van der Waals surface area (Å²) in [6.45, 7) is 3.44. The summed E-state index contributed by atoms with van der Waals surface area (Å²) in [6.07, 6.45) is 6.83. The highest BCUT2D eigenvalue weighted by Gasteiger charge is 2.26. The molecule has 1 heterocycles. The lowest BCUT2D eigenvalue weighted by Gasteiger charge is -2.33. The van der Waals surface area contributed by atoms with Gasteiger partial charge >= 0.3 is 0 Å². The van der Waals surface area contributed by atoms with Crippen LogP contribution in [0.3, 0.4) is 0 Å². The van der Waals surface area contributed by atoms with Gasteiger partial charge in [0, 0.05) is 13.6 Å². The van der Waals surface area contributed by atoms with Crippen LogP contribution >= 0.6 is 0 Å². The van der Waals surface area contributed by atoms with Crippen LogP contribution in [0.15, 0.2) is 24.3 Å². The average molecular weight is 257 g/mol. The molecule has 1 N–H and O–H groups in total. The Morgan fingerprint density at radius 1 is 1.21 bits per heavy atom. The summed E-state index contributed by atoms with van der Waals surface area (Å²) in [5, 5.41) is 3.56. The number of rotatable bonds is 3. The van der Waals surface area contributed by atoms with Crippen molar-refractivity contribution in [3.8, 4) is 0 Å². The Kier molecular flexibility index (Phi) is 3.21. The van der Waals surface area contributed by atoms with E-state index in [9.17, 15) is 0 Å². The van der Waals surface area contributed by atoms with Gasteiger partial charge in [0.15, 0.2) is 0 Å². The minimum absolute atomic E-state index is 0.441. The number of nitrogens with one attached hydrogen (secondary N) is 1. The molecule has 3 nitrogen and oxygen atoms in total. The molecule has 1 aromatic heterocycles. The van der Waals surface area contributed by atoms with Gasteiger partial charge in [-0.05, 0) is 30.4 Å². The molecule has 0 unspecified atom stereocenters. The summed E-state index contributed by atoms with van der Waals surface area (Å²) in [4.78, 5) is 4.68. The Balaban J connectivity index is 1.76. The van der Waals surface area contributed by atoms with Crippen molar-refractivity contribution in [1.82, 2.24) is 9.55 Å². The molecule has 2 aromatic rings. The predicted molar refractivity (Wildman–Crippen MR) is 80.4 cm³/mol. The molecular formula is C16H23N3. The number of fused-ring (bicyclic) bond motifs is 1. The van der Waals surface area contributed by atoms with Gasteiger partial charge in [-0.2, -0.15) is 0 Å². The van der Waals surface area contributed by atoms with Crippen molar-refractivity contribution in [3.63, 3.8) is 0 Å². The summed E-state index contributed by atoms with van der Waals surface area (Å²) in [7, 11) is 2.08. The van der Waals surface area contributed by atoms with Crippen LogP contribution in [0.5, 0.6) is 0 Å². The molecule has 1 aliphatic rings. The number of para-hydroxylation sites is 2. The highest BCUT2D eigenvalue weighted by atomic mass is 15.2. The Labute approximate surface area is 115 Å². The van der Waals surface area contributed by atoms with Crippen molar-refractivity contribution in [1.29, 1.82) is 0 Å². The Morgan fingerprint density at radius 2 is 1.95 bits per heavy atom. The largest absolute Gasteiger partial charge is 0.355 e. The summed E-state index contributed by atoms with van der Waals surface area (Å²) >= 11 is 0. The maximum Gasteiger partial charge on any atom is 0.203 e. The van der Waals surface area contributed by atoms with Gasteiger partial charge in [-0.25, -0.2) is 4.98 Å². The molecule has 0 bridgehead atoms. The number of aromatic nitrogens is 2. The number of nitrogens with zero attached hydrogens (tertiary/aromatic N) is 2. The van der Waals surface area contributed by atoms with Crippen molar-refractivity contribution < 1.29 is 0 Å². The van der Waals surface area contributed by atoms with Crippen molar-refractivity contribution in [2.24, 2.45) is 12.5 Å². The van der Waals surface area contributed by atoms with Gasteiger partial charge in [0.05, 0.1) is 11.0 Å². The van der Waals surface area contributed by atoms with Crippen LogP contribution in [0.4, 0.5) is 5.95 Å². The van der Waals surface area contributed by atoms with Crippen molar-refractivity contribution in [2.45, 2.75) is 39.0 Å². The molecule has 0 saturated heterocycles. The van der Waals surface area contributed by atoms with Crippen LogP contribution in [0.25, 0.3) is 11.0 Å². The Bertz CT molecular complexity index is 564. The quantitative estimate of drug-likeness (QED) is 0.902. The van der Waals surface area contributed by atoms with E-state index in [4.69, 9.17) is 0 Å². The van der Waals surface area contributed by atoms with E-state index in [1.165, 1.54) is 37.6 Å². The third-order valence-electron chi connectivity index (χ3n) is 4.52. The summed E-state index contributed by atoms with van der Waals surface area (Å²) in [6, 6.07) is 8.30. The lowest BCUT2D eigenvalue weighted by Crippen LogP contribution is -2.29. The smallest absolute Gasteiger partial charge is 0.203 e. The minimum Gasteiger partial charge on any atom is -0.355 e. The molecule has 102 valence electrons. The monoisotopic (exact) mass is 257 g/mol. The maximum atomic E-state index is 4.68. The van der Waals surface area contributed by atoms with E-state index in [1.807, 2.05) is 6.07 Å². The number of hydrogen-bond donors (Lipinski definition) is 1. The number of aryl methyl sites for hydroxylation is 1. The van der Waals surface area contributed by atoms with E-state index in [0.29, 0.717) is 5.41 Å². The third kappa shape index (κ3) is 2.46. The molecule has 1 fully saturated rings. The molecule has 0 aliphatic heterocycles. The molecule has 0 spiro atoms. The van der Waals surface area contributed by atoms with Crippen LogP contribution in [0, 0.1) is 5.41 Å². The number of benzene rings is 1. The molecule has 3 rings (SSSR count). The molecular weight excluding hydrogens is 234 g/mol. The van der Waals surface area contributed by atoms with Crippen molar-refractivity contribution in [2.75, 3.05) is 11.9 Å². The van der Waals surface area contributed by atoms with Crippen molar-refractivity contribution in [3.05, 3.63) is 24.3 Å². The molecule has 19 heavy (non-hydrogen) atoms. The fraction of sp³-hybridized carbons (Fsp3) is 0.562. The van der Waals surface area contributed by atoms with Crippen molar-refractivity contribution >= 4 is 17.0 Å². The minimum atomic E-state index is 0.441. The second-order valence-electron chi connectivity index (χ2n) is 6.21. The first-order chi connectivity index (χ1) is 9.18. The van der Waals surface area contributed by atoms with Crippen LogP contribution in [0.2, 0.25) is 0 Å². The first-order valence-electron chi connectivity index (χ1n) is 7.33. The third-order valence-corrected chi connectivity index (χ3v) is 4.52. The Hall–Kier alpha value is -1.51. The average Bonchev–Trinajstić information content (AvgIpc) is 2.75. The summed E-state index contributed by atoms with van der Waals surface area (Å²) < 4.78 is 2.15. The standard InChI is InChI=1S/C16H23N3/c1-16(10-6-3-7-11-16)12-17-15-18-13-8-4-5-9-14(13)19(15)2/h4-5,8-9H,3,6-7,10-12H2,1-2H3,(H,17,18). The van der Waals surface area contributed by atoms with E-state index in [1.54, 1.807) is 0 Å². The van der Waals surface area contributed by atoms with E-state index < -0.39 is 0 Å². The number of hydrogen-bond acceptors (Lipinski definition) is 2. The molecule has 1 aromatic carbocycles. The van der Waals surface area contributed by atoms with Crippen LogP contribution < -0.4 is 5.32 Å². The predicted octanol–water partition coefficient (Wildman–Crippen LogP) is 3.96. The first kappa shape index (κ1) is 12.5. The van der Waals surface area contributed by atoms with Gasteiger partial charge in [0.2, 0.25) is 5.95 Å². The molecule has 1 aliphatic carbocycles. The van der Waals surface area contributed by atoms with Gasteiger partial charge in [0.25, 0.3) is 0 Å². The van der Waals surface area contributed by atoms with Gasteiger partial charge in [-0.1, -0.05) is 38.3 Å². The van der Waals surface area contributed by atoms with E-state index in [2.05, 4.69) is 47.0 Å². The van der Waals surface area contributed by atoms with Crippen LogP contribution in [-0.4, -0.2) is 16.1 Å². The maximum absolute atomic E-state index is 4.68. The van der Waals surface area contributed by atoms with E-state index in [0.717, 1.165) is 18.0 Å². The zero-order chi connectivity index (χ0) is 13.3. The van der Waals surface area contributed by atoms with Gasteiger partial charge in [0.1, 0.15) is 0 Å². The number of anilines is 1. The topological polar surface area (TPSA) is 29.9 Å². The highest BCUT2D eigenvalue weighted by Crippen LogP contribution is 2.35. The zero-order valence-corrected chi connectivity index (χ0v) is 11.9. The lowest BCUT2D eigenvalue weighted by atomic mass is 9.76. The fourth-order valence-corrected chi connectivity index (χ4v) is 3.18. The summed E-state index contributed by atoms with van der Waals surface area (Å²) in [5.41, 5.74) is 2.70. The highest BCUT2D eigenvalue weighted by molar-refractivity contribution is 5.78. The first-order valence-corrected chi connectivity index (χ1v) is 7.33. The Morgan fingerprint density at radius 3 is 2.68 bits per heavy atom. The second-order valence-corrected chi connectivity index (χ2v) is 6.21.